The van der Waals surface area contributed by atoms with Crippen LogP contribution in [0.1, 0.15) is 26.7 Å². The molecule has 1 N–H and O–H groups in total. The number of amides is 2. The Morgan fingerprint density at radius 3 is 2.65 bits per heavy atom. The van der Waals surface area contributed by atoms with E-state index in [1.807, 2.05) is 11.8 Å². The molecule has 2 saturated heterocycles. The lowest BCUT2D eigenvalue weighted by Crippen LogP contribution is -2.52. The van der Waals surface area contributed by atoms with Gasteiger partial charge in [-0.1, -0.05) is 13.8 Å². The predicted molar refractivity (Wildman–Crippen MR) is 68.8 cm³/mol. The molecule has 4 nitrogen and oxygen atoms in total. The largest absolute Gasteiger partial charge is 0.301 e. The summed E-state index contributed by atoms with van der Waals surface area (Å²) in [5.41, 5.74) is 0.204. The Kier molecular flexibility index (Phi) is 3.50. The summed E-state index contributed by atoms with van der Waals surface area (Å²) in [7, 11) is 1.56. The highest BCUT2D eigenvalue weighted by Crippen LogP contribution is 2.34. The summed E-state index contributed by atoms with van der Waals surface area (Å²) in [5.74, 6) is 2.05. The molecule has 0 bridgehead atoms. The third-order valence-corrected chi connectivity index (χ3v) is 4.96. The number of likely N-dealkylation sites (N-methyl/N-ethyl adjacent to an activating group) is 1. The SMILES string of the molecule is CN1C(=O)CC(NC2CSCCC2(C)C)C1=O. The minimum Gasteiger partial charge on any atom is -0.301 e. The molecule has 2 aliphatic heterocycles. The van der Waals surface area contributed by atoms with Gasteiger partial charge in [-0.05, 0) is 17.6 Å². The summed E-state index contributed by atoms with van der Waals surface area (Å²) in [6.07, 6.45) is 1.46. The van der Waals surface area contributed by atoms with E-state index in [2.05, 4.69) is 19.2 Å². The van der Waals surface area contributed by atoms with Gasteiger partial charge in [0, 0.05) is 18.8 Å². The van der Waals surface area contributed by atoms with Crippen molar-refractivity contribution in [2.45, 2.75) is 38.8 Å². The molecule has 0 aromatic heterocycles. The quantitative estimate of drug-likeness (QED) is 0.745. The van der Waals surface area contributed by atoms with Gasteiger partial charge >= 0.3 is 0 Å². The molecule has 2 aliphatic rings. The molecule has 2 rings (SSSR count). The fourth-order valence-corrected chi connectivity index (χ4v) is 3.96. The minimum atomic E-state index is -0.310. The van der Waals surface area contributed by atoms with Crippen LogP contribution in [0.4, 0.5) is 0 Å². The first-order valence-electron chi connectivity index (χ1n) is 6.06. The number of hydrogen-bond acceptors (Lipinski definition) is 4. The van der Waals surface area contributed by atoms with Crippen molar-refractivity contribution in [3.8, 4) is 0 Å². The summed E-state index contributed by atoms with van der Waals surface area (Å²) in [6, 6.07) is 0.00461. The molecule has 0 spiro atoms. The third kappa shape index (κ3) is 2.50. The van der Waals surface area contributed by atoms with Crippen LogP contribution in [0.25, 0.3) is 0 Å². The van der Waals surface area contributed by atoms with Gasteiger partial charge in [0.2, 0.25) is 11.8 Å². The zero-order chi connectivity index (χ0) is 12.6. The Bertz CT molecular complexity index is 343. The average molecular weight is 256 g/mol. The van der Waals surface area contributed by atoms with Crippen LogP contribution in [0.15, 0.2) is 0 Å². The summed E-state index contributed by atoms with van der Waals surface area (Å²) in [4.78, 5) is 24.5. The maximum atomic E-state index is 11.8. The zero-order valence-corrected chi connectivity index (χ0v) is 11.5. The number of thioether (sulfide) groups is 1. The van der Waals surface area contributed by atoms with E-state index in [9.17, 15) is 9.59 Å². The van der Waals surface area contributed by atoms with E-state index in [1.54, 1.807) is 7.05 Å². The molecular weight excluding hydrogens is 236 g/mol. The lowest BCUT2D eigenvalue weighted by molar-refractivity contribution is -0.137. The van der Waals surface area contributed by atoms with Gasteiger partial charge in [-0.2, -0.15) is 11.8 Å². The normalized spacial score (nSPS) is 33.2. The Morgan fingerprint density at radius 2 is 2.12 bits per heavy atom. The fraction of sp³-hybridized carbons (Fsp3) is 0.833. The van der Waals surface area contributed by atoms with Crippen LogP contribution in [0.3, 0.4) is 0 Å². The molecule has 2 heterocycles. The van der Waals surface area contributed by atoms with Crippen molar-refractivity contribution in [1.82, 2.24) is 10.2 Å². The molecule has 0 radical (unpaired) electrons. The van der Waals surface area contributed by atoms with E-state index < -0.39 is 0 Å². The highest BCUT2D eigenvalue weighted by Gasteiger charge is 2.40. The molecule has 2 unspecified atom stereocenters. The topological polar surface area (TPSA) is 49.4 Å². The first-order valence-corrected chi connectivity index (χ1v) is 7.21. The van der Waals surface area contributed by atoms with Crippen LogP contribution in [-0.2, 0) is 9.59 Å². The van der Waals surface area contributed by atoms with Crippen molar-refractivity contribution in [2.75, 3.05) is 18.6 Å². The smallest absolute Gasteiger partial charge is 0.246 e. The lowest BCUT2D eigenvalue weighted by atomic mass is 9.82. The van der Waals surface area contributed by atoms with Crippen LogP contribution in [-0.4, -0.2) is 47.4 Å². The van der Waals surface area contributed by atoms with E-state index >= 15 is 0 Å². The van der Waals surface area contributed by atoms with Gasteiger partial charge < -0.3 is 5.32 Å². The lowest BCUT2D eigenvalue weighted by Gasteiger charge is -2.39. The summed E-state index contributed by atoms with van der Waals surface area (Å²) in [6.45, 7) is 4.46. The molecule has 96 valence electrons. The van der Waals surface area contributed by atoms with Crippen LogP contribution in [0.2, 0.25) is 0 Å². The summed E-state index contributed by atoms with van der Waals surface area (Å²) in [5, 5.41) is 3.39. The van der Waals surface area contributed by atoms with Crippen LogP contribution in [0.5, 0.6) is 0 Å². The summed E-state index contributed by atoms with van der Waals surface area (Å²) < 4.78 is 0. The number of carbonyl (C=O) groups is 2. The number of hydrogen-bond donors (Lipinski definition) is 1. The van der Waals surface area contributed by atoms with E-state index in [0.717, 1.165) is 12.2 Å². The monoisotopic (exact) mass is 256 g/mol. The molecule has 17 heavy (non-hydrogen) atoms. The van der Waals surface area contributed by atoms with Gasteiger partial charge in [-0.25, -0.2) is 0 Å². The zero-order valence-electron chi connectivity index (χ0n) is 10.7. The Hall–Kier alpha value is -0.550. The van der Waals surface area contributed by atoms with E-state index in [1.165, 1.54) is 10.7 Å². The molecule has 2 atom stereocenters. The average Bonchev–Trinajstić information content (AvgIpc) is 2.49. The molecule has 0 aliphatic carbocycles. The Labute approximate surface area is 106 Å². The fourth-order valence-electron chi connectivity index (χ4n) is 2.34. The van der Waals surface area contributed by atoms with Gasteiger partial charge in [-0.15, -0.1) is 0 Å². The maximum Gasteiger partial charge on any atom is 0.246 e. The van der Waals surface area contributed by atoms with E-state index in [0.29, 0.717) is 12.5 Å². The van der Waals surface area contributed by atoms with Gasteiger partial charge in [0.1, 0.15) is 0 Å². The molecule has 2 amide bonds. The molecule has 5 heteroatoms. The first-order chi connectivity index (χ1) is 7.92. The van der Waals surface area contributed by atoms with E-state index in [-0.39, 0.29) is 23.3 Å². The molecule has 0 saturated carbocycles. The molecular formula is C12H20N2O2S. The van der Waals surface area contributed by atoms with Crippen LogP contribution < -0.4 is 5.32 Å². The van der Waals surface area contributed by atoms with Crippen molar-refractivity contribution in [1.29, 1.82) is 0 Å². The van der Waals surface area contributed by atoms with Crippen molar-refractivity contribution in [3.63, 3.8) is 0 Å². The van der Waals surface area contributed by atoms with Gasteiger partial charge in [0.25, 0.3) is 0 Å². The summed E-state index contributed by atoms with van der Waals surface area (Å²) >= 11 is 1.92. The van der Waals surface area contributed by atoms with Gasteiger partial charge in [0.15, 0.2) is 0 Å². The molecule has 0 aromatic rings. The van der Waals surface area contributed by atoms with Gasteiger partial charge in [0.05, 0.1) is 12.5 Å². The maximum absolute atomic E-state index is 11.8. The third-order valence-electron chi connectivity index (χ3n) is 3.90. The molecule has 2 fully saturated rings. The van der Waals surface area contributed by atoms with Crippen molar-refractivity contribution in [2.24, 2.45) is 5.41 Å². The predicted octanol–water partition coefficient (Wildman–Crippen LogP) is 0.865. The second-order valence-electron chi connectivity index (χ2n) is 5.58. The standard InChI is InChI=1S/C12H20N2O2S/c1-12(2)4-5-17-7-9(12)13-8-6-10(15)14(3)11(8)16/h8-9,13H,4-7H2,1-3H3. The Morgan fingerprint density at radius 1 is 1.41 bits per heavy atom. The van der Waals surface area contributed by atoms with E-state index in [4.69, 9.17) is 0 Å². The van der Waals surface area contributed by atoms with Gasteiger partial charge in [-0.3, -0.25) is 14.5 Å². The number of rotatable bonds is 2. The van der Waals surface area contributed by atoms with Crippen LogP contribution in [0, 0.1) is 5.41 Å². The Balaban J connectivity index is 2.01. The number of nitrogens with zero attached hydrogens (tertiary/aromatic N) is 1. The number of carbonyl (C=O) groups excluding carboxylic acids is 2. The van der Waals surface area contributed by atoms with Crippen LogP contribution >= 0.6 is 11.8 Å². The number of likely N-dealkylation sites (tertiary alicyclic amines) is 1. The highest BCUT2D eigenvalue weighted by molar-refractivity contribution is 7.99. The minimum absolute atomic E-state index is 0.0752. The van der Waals surface area contributed by atoms with Crippen molar-refractivity contribution in [3.05, 3.63) is 0 Å². The molecule has 0 aromatic carbocycles. The number of imide groups is 1. The second-order valence-corrected chi connectivity index (χ2v) is 6.73. The highest BCUT2D eigenvalue weighted by atomic mass is 32.2. The number of nitrogens with one attached hydrogen (secondary N) is 1. The second kappa shape index (κ2) is 4.61. The first kappa shape index (κ1) is 12.9. The van der Waals surface area contributed by atoms with Crippen molar-refractivity contribution < 1.29 is 9.59 Å². The van der Waals surface area contributed by atoms with Crippen molar-refractivity contribution >= 4 is 23.6 Å².